The molecule has 1 saturated carbocycles. The van der Waals surface area contributed by atoms with Gasteiger partial charge in [0.15, 0.2) is 17.7 Å². The summed E-state index contributed by atoms with van der Waals surface area (Å²) >= 11 is 0. The summed E-state index contributed by atoms with van der Waals surface area (Å²) in [6, 6.07) is 9.21. The lowest BCUT2D eigenvalue weighted by Gasteiger charge is -2.17. The van der Waals surface area contributed by atoms with Crippen LogP contribution in [0.4, 0.5) is 15.9 Å². The van der Waals surface area contributed by atoms with Crippen LogP contribution in [0.15, 0.2) is 42.6 Å². The fraction of sp³-hybridized carbons (Fsp3) is 0.316. The molecule has 7 heteroatoms. The first kappa shape index (κ1) is 17.8. The molecule has 0 radical (unpaired) electrons. The maximum atomic E-state index is 13.7. The van der Waals surface area contributed by atoms with Gasteiger partial charge in [-0.15, -0.1) is 0 Å². The summed E-state index contributed by atoms with van der Waals surface area (Å²) in [7, 11) is 0. The van der Waals surface area contributed by atoms with Crippen LogP contribution in [0.3, 0.4) is 0 Å². The number of hydrogen-bond acceptors (Lipinski definition) is 4. The molecular weight excluding hydrogens is 337 g/mol. The zero-order chi connectivity index (χ0) is 18.5. The lowest BCUT2D eigenvalue weighted by atomic mass is 10.2. The molecule has 1 aliphatic rings. The van der Waals surface area contributed by atoms with E-state index in [0.717, 1.165) is 12.8 Å². The number of aromatic nitrogens is 1. The van der Waals surface area contributed by atoms with Crippen molar-refractivity contribution in [2.24, 2.45) is 5.92 Å². The third kappa shape index (κ3) is 4.56. The van der Waals surface area contributed by atoms with E-state index in [4.69, 9.17) is 4.74 Å². The van der Waals surface area contributed by atoms with E-state index in [-0.39, 0.29) is 17.6 Å². The summed E-state index contributed by atoms with van der Waals surface area (Å²) in [5.74, 6) is -0.376. The molecule has 2 aromatic rings. The van der Waals surface area contributed by atoms with Gasteiger partial charge in [0.1, 0.15) is 5.82 Å². The second-order valence-electron chi connectivity index (χ2n) is 6.13. The van der Waals surface area contributed by atoms with Gasteiger partial charge in [0.2, 0.25) is 5.91 Å². The number of amides is 2. The van der Waals surface area contributed by atoms with E-state index in [0.29, 0.717) is 17.9 Å². The van der Waals surface area contributed by atoms with Crippen molar-refractivity contribution in [3.8, 4) is 5.75 Å². The number of carbonyl (C=O) groups excluding carboxylic acids is 2. The molecule has 1 aromatic heterocycles. The molecular formula is C19H20FN3O3. The highest BCUT2D eigenvalue weighted by atomic mass is 19.1. The molecule has 1 aliphatic carbocycles. The summed E-state index contributed by atoms with van der Waals surface area (Å²) in [5.41, 5.74) is 0.468. The third-order valence-corrected chi connectivity index (χ3v) is 4.00. The van der Waals surface area contributed by atoms with Crippen LogP contribution in [0.1, 0.15) is 26.2 Å². The minimum Gasteiger partial charge on any atom is -0.478 e. The number of nitrogens with zero attached hydrogens (tertiary/aromatic N) is 1. The fourth-order valence-electron chi connectivity index (χ4n) is 2.35. The van der Waals surface area contributed by atoms with E-state index in [1.165, 1.54) is 18.3 Å². The predicted octanol–water partition coefficient (Wildman–Crippen LogP) is 3.37. The number of para-hydroxylation sites is 1. The van der Waals surface area contributed by atoms with Gasteiger partial charge in [0, 0.05) is 5.92 Å². The van der Waals surface area contributed by atoms with E-state index in [1.807, 2.05) is 0 Å². The smallest absolute Gasteiger partial charge is 0.265 e. The van der Waals surface area contributed by atoms with Crippen LogP contribution < -0.4 is 15.4 Å². The molecule has 136 valence electrons. The van der Waals surface area contributed by atoms with Crippen molar-refractivity contribution in [1.29, 1.82) is 0 Å². The molecule has 6 nitrogen and oxygen atoms in total. The molecule has 26 heavy (non-hydrogen) atoms. The van der Waals surface area contributed by atoms with Crippen molar-refractivity contribution in [3.05, 3.63) is 48.4 Å². The van der Waals surface area contributed by atoms with Gasteiger partial charge in [0.05, 0.1) is 11.9 Å². The van der Waals surface area contributed by atoms with E-state index in [9.17, 15) is 14.0 Å². The second kappa shape index (κ2) is 7.95. The predicted molar refractivity (Wildman–Crippen MR) is 95.3 cm³/mol. The van der Waals surface area contributed by atoms with Crippen molar-refractivity contribution in [2.75, 3.05) is 10.6 Å². The van der Waals surface area contributed by atoms with E-state index in [1.54, 1.807) is 31.2 Å². The third-order valence-electron chi connectivity index (χ3n) is 4.00. The number of rotatable bonds is 7. The minimum atomic E-state index is -0.832. The maximum Gasteiger partial charge on any atom is 0.265 e. The van der Waals surface area contributed by atoms with Crippen LogP contribution in [0.5, 0.6) is 5.75 Å². The molecule has 1 unspecified atom stereocenters. The molecule has 0 aliphatic heterocycles. The molecule has 1 atom stereocenters. The van der Waals surface area contributed by atoms with Crippen molar-refractivity contribution in [1.82, 2.24) is 4.98 Å². The minimum absolute atomic E-state index is 0.0291. The normalized spacial score (nSPS) is 14.4. The Morgan fingerprint density at radius 3 is 2.62 bits per heavy atom. The molecule has 0 saturated heterocycles. The van der Waals surface area contributed by atoms with Gasteiger partial charge in [-0.25, -0.2) is 9.37 Å². The van der Waals surface area contributed by atoms with Crippen molar-refractivity contribution < 1.29 is 18.7 Å². The van der Waals surface area contributed by atoms with Gasteiger partial charge in [-0.1, -0.05) is 19.1 Å². The van der Waals surface area contributed by atoms with Gasteiger partial charge in [0.25, 0.3) is 5.91 Å². The maximum absolute atomic E-state index is 13.7. The molecule has 0 bridgehead atoms. The van der Waals surface area contributed by atoms with Crippen LogP contribution in [0.2, 0.25) is 0 Å². The van der Waals surface area contributed by atoms with Gasteiger partial charge in [-0.2, -0.15) is 0 Å². The highest BCUT2D eigenvalue weighted by molar-refractivity contribution is 5.95. The standard InChI is InChI=1S/C19H20FN3O3/c1-2-15(26-16-6-4-3-5-14(16)20)19(25)22-13-9-10-17(21-11-13)23-18(24)12-7-8-12/h3-6,9-12,15H,2,7-8H2,1H3,(H,22,25)(H,21,23,24). The Bertz CT molecular complexity index is 791. The second-order valence-corrected chi connectivity index (χ2v) is 6.13. The molecule has 1 aromatic carbocycles. The summed E-state index contributed by atoms with van der Waals surface area (Å²) in [6.45, 7) is 1.78. The van der Waals surface area contributed by atoms with Crippen molar-refractivity contribution in [2.45, 2.75) is 32.3 Å². The zero-order valence-electron chi connectivity index (χ0n) is 14.4. The first-order valence-corrected chi connectivity index (χ1v) is 8.55. The van der Waals surface area contributed by atoms with Crippen molar-refractivity contribution >= 4 is 23.3 Å². The SMILES string of the molecule is CCC(Oc1ccccc1F)C(=O)Nc1ccc(NC(=O)C2CC2)nc1. The number of nitrogens with one attached hydrogen (secondary N) is 2. The first-order chi connectivity index (χ1) is 12.6. The lowest BCUT2D eigenvalue weighted by Crippen LogP contribution is -2.32. The summed E-state index contributed by atoms with van der Waals surface area (Å²) in [5, 5.41) is 5.41. The van der Waals surface area contributed by atoms with Crippen LogP contribution in [-0.4, -0.2) is 22.9 Å². The van der Waals surface area contributed by atoms with Crippen LogP contribution in [0.25, 0.3) is 0 Å². The first-order valence-electron chi connectivity index (χ1n) is 8.55. The topological polar surface area (TPSA) is 80.3 Å². The summed E-state index contributed by atoms with van der Waals surface area (Å²) in [6.07, 6.45) is 2.83. The Morgan fingerprint density at radius 1 is 1.23 bits per heavy atom. The Morgan fingerprint density at radius 2 is 2.00 bits per heavy atom. The summed E-state index contributed by atoms with van der Waals surface area (Å²) < 4.78 is 19.2. The summed E-state index contributed by atoms with van der Waals surface area (Å²) in [4.78, 5) is 28.2. The average Bonchev–Trinajstić information content (AvgIpc) is 3.48. The Kier molecular flexibility index (Phi) is 5.46. The van der Waals surface area contributed by atoms with Crippen LogP contribution in [0, 0.1) is 11.7 Å². The largest absolute Gasteiger partial charge is 0.478 e. The molecule has 0 spiro atoms. The molecule has 2 amide bonds. The Balaban J connectivity index is 1.58. The molecule has 1 fully saturated rings. The number of benzene rings is 1. The zero-order valence-corrected chi connectivity index (χ0v) is 14.4. The molecule has 3 rings (SSSR count). The molecule has 2 N–H and O–H groups in total. The highest BCUT2D eigenvalue weighted by Crippen LogP contribution is 2.30. The Hall–Kier alpha value is -2.96. The highest BCUT2D eigenvalue weighted by Gasteiger charge is 2.29. The number of pyridine rings is 1. The molecule has 1 heterocycles. The van der Waals surface area contributed by atoms with E-state index >= 15 is 0 Å². The van der Waals surface area contributed by atoms with Crippen molar-refractivity contribution in [3.63, 3.8) is 0 Å². The van der Waals surface area contributed by atoms with Gasteiger partial charge in [-0.05, 0) is 43.5 Å². The van der Waals surface area contributed by atoms with Crippen LogP contribution in [-0.2, 0) is 9.59 Å². The van der Waals surface area contributed by atoms with E-state index in [2.05, 4.69) is 15.6 Å². The van der Waals surface area contributed by atoms with Gasteiger partial charge < -0.3 is 15.4 Å². The Labute approximate surface area is 150 Å². The van der Waals surface area contributed by atoms with Crippen LogP contribution >= 0.6 is 0 Å². The number of hydrogen-bond donors (Lipinski definition) is 2. The fourth-order valence-corrected chi connectivity index (χ4v) is 2.35. The lowest BCUT2D eigenvalue weighted by molar-refractivity contribution is -0.123. The average molecular weight is 357 g/mol. The monoisotopic (exact) mass is 357 g/mol. The number of ether oxygens (including phenoxy) is 1. The van der Waals surface area contributed by atoms with Gasteiger partial charge >= 0.3 is 0 Å². The number of halogens is 1. The van der Waals surface area contributed by atoms with E-state index < -0.39 is 17.8 Å². The number of anilines is 2. The quantitative estimate of drug-likeness (QED) is 0.796. The number of carbonyl (C=O) groups is 2. The van der Waals surface area contributed by atoms with Gasteiger partial charge in [-0.3, -0.25) is 9.59 Å².